The summed E-state index contributed by atoms with van der Waals surface area (Å²) >= 11 is 0. The van der Waals surface area contributed by atoms with E-state index in [0.717, 1.165) is 63.3 Å². The Balaban J connectivity index is 0.00000261. The topological polar surface area (TPSA) is 74.5 Å². The Morgan fingerprint density at radius 1 is 1.15 bits per heavy atom. The molecule has 0 unspecified atom stereocenters. The molecular formula is C18H29IN8. The number of hydrogen-bond donors (Lipinski definition) is 1. The van der Waals surface area contributed by atoms with Crippen molar-refractivity contribution in [2.75, 3.05) is 44.7 Å². The van der Waals surface area contributed by atoms with Gasteiger partial charge in [-0.15, -0.1) is 24.0 Å². The first-order chi connectivity index (χ1) is 12.7. The summed E-state index contributed by atoms with van der Waals surface area (Å²) in [6, 6.07) is 3.96. The van der Waals surface area contributed by atoms with Gasteiger partial charge in [0.1, 0.15) is 0 Å². The van der Waals surface area contributed by atoms with Gasteiger partial charge in [-0.3, -0.25) is 9.67 Å². The molecule has 1 saturated heterocycles. The maximum atomic E-state index is 4.50. The summed E-state index contributed by atoms with van der Waals surface area (Å²) in [6.45, 7) is 9.56. The van der Waals surface area contributed by atoms with Gasteiger partial charge in [0.2, 0.25) is 5.95 Å². The van der Waals surface area contributed by atoms with Crippen LogP contribution in [0.1, 0.15) is 17.8 Å². The number of aryl methyl sites for hydroxylation is 3. The van der Waals surface area contributed by atoms with Gasteiger partial charge in [-0.25, -0.2) is 9.97 Å². The van der Waals surface area contributed by atoms with Crippen molar-refractivity contribution in [3.05, 3.63) is 35.9 Å². The van der Waals surface area contributed by atoms with Crippen LogP contribution in [0.3, 0.4) is 0 Å². The van der Waals surface area contributed by atoms with Crippen LogP contribution in [0.5, 0.6) is 0 Å². The lowest BCUT2D eigenvalue weighted by Gasteiger charge is -2.36. The van der Waals surface area contributed by atoms with Crippen molar-refractivity contribution in [2.24, 2.45) is 4.99 Å². The Hall–Kier alpha value is -1.91. The molecule has 9 heteroatoms. The smallest absolute Gasteiger partial charge is 0.225 e. The first kappa shape index (κ1) is 21.4. The number of guanidine groups is 1. The zero-order valence-corrected chi connectivity index (χ0v) is 18.6. The van der Waals surface area contributed by atoms with Crippen LogP contribution in [0.2, 0.25) is 0 Å². The first-order valence-electron chi connectivity index (χ1n) is 9.16. The molecule has 0 radical (unpaired) electrons. The molecule has 0 saturated carbocycles. The maximum absolute atomic E-state index is 4.50. The number of rotatable bonds is 5. The van der Waals surface area contributed by atoms with Crippen LogP contribution in [0, 0.1) is 13.8 Å². The van der Waals surface area contributed by atoms with Crippen LogP contribution in [0.4, 0.5) is 5.95 Å². The van der Waals surface area contributed by atoms with E-state index in [1.54, 1.807) is 12.4 Å². The van der Waals surface area contributed by atoms with Crippen molar-refractivity contribution in [1.82, 2.24) is 30.0 Å². The third kappa shape index (κ3) is 5.78. The van der Waals surface area contributed by atoms with Crippen molar-refractivity contribution < 1.29 is 0 Å². The highest BCUT2D eigenvalue weighted by atomic mass is 127. The van der Waals surface area contributed by atoms with E-state index in [2.05, 4.69) is 52.8 Å². The molecule has 0 amide bonds. The number of piperazine rings is 1. The number of aliphatic imine (C=N–C) groups is 1. The fraction of sp³-hybridized carbons (Fsp3) is 0.556. The zero-order valence-electron chi connectivity index (χ0n) is 16.3. The molecule has 0 spiro atoms. The van der Waals surface area contributed by atoms with Gasteiger partial charge in [0.05, 0.1) is 5.69 Å². The van der Waals surface area contributed by atoms with Gasteiger partial charge in [0.15, 0.2) is 5.96 Å². The second kappa shape index (κ2) is 10.4. The highest BCUT2D eigenvalue weighted by molar-refractivity contribution is 14.0. The van der Waals surface area contributed by atoms with Gasteiger partial charge in [-0.1, -0.05) is 0 Å². The van der Waals surface area contributed by atoms with Crippen molar-refractivity contribution in [2.45, 2.75) is 26.8 Å². The van der Waals surface area contributed by atoms with Crippen molar-refractivity contribution in [3.63, 3.8) is 0 Å². The van der Waals surface area contributed by atoms with Gasteiger partial charge in [0.25, 0.3) is 0 Å². The van der Waals surface area contributed by atoms with E-state index in [0.29, 0.717) is 0 Å². The number of aromatic nitrogens is 4. The second-order valence-electron chi connectivity index (χ2n) is 6.50. The molecule has 3 heterocycles. The fourth-order valence-electron chi connectivity index (χ4n) is 3.24. The van der Waals surface area contributed by atoms with Gasteiger partial charge in [-0.05, 0) is 32.4 Å². The van der Waals surface area contributed by atoms with E-state index < -0.39 is 0 Å². The first-order valence-corrected chi connectivity index (χ1v) is 9.16. The lowest BCUT2D eigenvalue weighted by molar-refractivity contribution is 0.369. The molecule has 8 nitrogen and oxygen atoms in total. The summed E-state index contributed by atoms with van der Waals surface area (Å²) in [5, 5.41) is 7.98. The molecular weight excluding hydrogens is 455 g/mol. The number of hydrogen-bond acceptors (Lipinski definition) is 5. The number of anilines is 1. The van der Waals surface area contributed by atoms with Gasteiger partial charge in [0, 0.05) is 64.4 Å². The predicted molar refractivity (Wildman–Crippen MR) is 119 cm³/mol. The molecule has 3 rings (SSSR count). The lowest BCUT2D eigenvalue weighted by Crippen LogP contribution is -2.53. The fourth-order valence-corrected chi connectivity index (χ4v) is 3.24. The van der Waals surface area contributed by atoms with Gasteiger partial charge >= 0.3 is 0 Å². The van der Waals surface area contributed by atoms with Crippen LogP contribution in [0.15, 0.2) is 29.5 Å². The average molecular weight is 484 g/mol. The third-order valence-corrected chi connectivity index (χ3v) is 4.56. The monoisotopic (exact) mass is 484 g/mol. The summed E-state index contributed by atoms with van der Waals surface area (Å²) in [4.78, 5) is 17.6. The molecule has 0 aliphatic carbocycles. The third-order valence-electron chi connectivity index (χ3n) is 4.56. The Bertz CT molecular complexity index is 722. The normalized spacial score (nSPS) is 14.9. The molecule has 2 aromatic rings. The molecule has 27 heavy (non-hydrogen) atoms. The standard InChI is InChI=1S/C18H28N8.HI/c1-15-14-16(2)26(23-15)9-5-8-20-17(19-3)24-10-12-25(13-11-24)18-21-6-4-7-22-18;/h4,6-7,14H,5,8-13H2,1-3H3,(H,19,20);1H. The van der Waals surface area contributed by atoms with E-state index in [9.17, 15) is 0 Å². The molecule has 1 N–H and O–H groups in total. The molecule has 0 atom stereocenters. The summed E-state index contributed by atoms with van der Waals surface area (Å²) in [7, 11) is 1.84. The molecule has 148 valence electrons. The number of halogens is 1. The largest absolute Gasteiger partial charge is 0.356 e. The highest BCUT2D eigenvalue weighted by Gasteiger charge is 2.20. The minimum absolute atomic E-state index is 0. The quantitative estimate of drug-likeness (QED) is 0.302. The van der Waals surface area contributed by atoms with Crippen molar-refractivity contribution >= 4 is 35.9 Å². The predicted octanol–water partition coefficient (Wildman–Crippen LogP) is 1.70. The number of nitrogens with one attached hydrogen (secondary N) is 1. The number of nitrogens with zero attached hydrogens (tertiary/aromatic N) is 7. The summed E-state index contributed by atoms with van der Waals surface area (Å²) in [6.07, 6.45) is 4.59. The molecule has 1 fully saturated rings. The van der Waals surface area contributed by atoms with Crippen LogP contribution in [-0.4, -0.2) is 70.4 Å². The van der Waals surface area contributed by atoms with Crippen molar-refractivity contribution in [3.8, 4) is 0 Å². The maximum Gasteiger partial charge on any atom is 0.225 e. The van der Waals surface area contributed by atoms with E-state index in [1.807, 2.05) is 20.0 Å². The Kier molecular flexibility index (Phi) is 8.26. The average Bonchev–Trinajstić information content (AvgIpc) is 3.00. The summed E-state index contributed by atoms with van der Waals surface area (Å²) in [5.41, 5.74) is 2.29. The summed E-state index contributed by atoms with van der Waals surface area (Å²) < 4.78 is 2.07. The second-order valence-corrected chi connectivity index (χ2v) is 6.50. The van der Waals surface area contributed by atoms with Crippen LogP contribution >= 0.6 is 24.0 Å². The van der Waals surface area contributed by atoms with E-state index >= 15 is 0 Å². The molecule has 0 bridgehead atoms. The Morgan fingerprint density at radius 3 is 2.44 bits per heavy atom. The minimum Gasteiger partial charge on any atom is -0.356 e. The SMILES string of the molecule is CN=C(NCCCn1nc(C)cc1C)N1CCN(c2ncccn2)CC1.I. The molecule has 1 aliphatic rings. The highest BCUT2D eigenvalue weighted by Crippen LogP contribution is 2.09. The van der Waals surface area contributed by atoms with Gasteiger partial charge < -0.3 is 15.1 Å². The van der Waals surface area contributed by atoms with Crippen LogP contribution in [-0.2, 0) is 6.54 Å². The Labute approximate surface area is 178 Å². The lowest BCUT2D eigenvalue weighted by atomic mass is 10.3. The van der Waals surface area contributed by atoms with E-state index in [-0.39, 0.29) is 24.0 Å². The zero-order chi connectivity index (χ0) is 18.4. The molecule has 0 aromatic carbocycles. The van der Waals surface area contributed by atoms with Crippen LogP contribution < -0.4 is 10.2 Å². The molecule has 1 aliphatic heterocycles. The summed E-state index contributed by atoms with van der Waals surface area (Å²) in [5.74, 6) is 1.77. The van der Waals surface area contributed by atoms with Crippen LogP contribution in [0.25, 0.3) is 0 Å². The van der Waals surface area contributed by atoms with Gasteiger partial charge in [-0.2, -0.15) is 5.10 Å². The minimum atomic E-state index is 0. The van der Waals surface area contributed by atoms with E-state index in [1.165, 1.54) is 5.69 Å². The van der Waals surface area contributed by atoms with E-state index in [4.69, 9.17) is 0 Å². The Morgan fingerprint density at radius 2 is 1.85 bits per heavy atom. The van der Waals surface area contributed by atoms with Crippen molar-refractivity contribution in [1.29, 1.82) is 0 Å². The molecule has 2 aromatic heterocycles.